The molecule has 0 bridgehead atoms. The maximum Gasteiger partial charge on any atom is 0.573 e. The van der Waals surface area contributed by atoms with Crippen molar-refractivity contribution < 1.29 is 27.5 Å². The molecule has 0 saturated carbocycles. The maximum absolute atomic E-state index is 12.8. The van der Waals surface area contributed by atoms with E-state index in [1.165, 1.54) is 17.0 Å². The minimum atomic E-state index is -4.89. The molecule has 0 spiro atoms. The van der Waals surface area contributed by atoms with Gasteiger partial charge < -0.3 is 14.5 Å². The summed E-state index contributed by atoms with van der Waals surface area (Å²) in [6.07, 6.45) is -3.42. The number of hydrogen-bond acceptors (Lipinski definition) is 7. The Hall–Kier alpha value is -3.42. The Bertz CT molecular complexity index is 1110. The number of carbonyl (C=O) groups excluding carboxylic acids is 2. The van der Waals surface area contributed by atoms with E-state index in [2.05, 4.69) is 20.1 Å². The van der Waals surface area contributed by atoms with Gasteiger partial charge in [0.1, 0.15) is 5.75 Å². The van der Waals surface area contributed by atoms with Gasteiger partial charge in [0.15, 0.2) is 0 Å². The minimum Gasteiger partial charge on any atom is -0.406 e. The molecule has 4 rings (SSSR count). The van der Waals surface area contributed by atoms with Crippen LogP contribution in [0.3, 0.4) is 0 Å². The first-order valence-electron chi connectivity index (χ1n) is 10.8. The average Bonchev–Trinajstić information content (AvgIpc) is 3.37. The highest BCUT2D eigenvalue weighted by molar-refractivity contribution is 5.78. The summed E-state index contributed by atoms with van der Waals surface area (Å²) < 4.78 is 42.6. The first kappa shape index (κ1) is 23.7. The van der Waals surface area contributed by atoms with Crippen LogP contribution in [0.4, 0.5) is 18.0 Å². The van der Waals surface area contributed by atoms with Gasteiger partial charge in [0.25, 0.3) is 0 Å². The zero-order valence-electron chi connectivity index (χ0n) is 18.4. The minimum absolute atomic E-state index is 0.0269. The highest BCUT2D eigenvalue weighted by atomic mass is 19.4. The van der Waals surface area contributed by atoms with E-state index in [1.807, 2.05) is 11.8 Å². The molecular formula is C20H24F3N7O4. The van der Waals surface area contributed by atoms with Crippen LogP contribution < -0.4 is 10.4 Å². The highest BCUT2D eigenvalue weighted by Gasteiger charge is 2.32. The molecule has 2 fully saturated rings. The van der Waals surface area contributed by atoms with Crippen LogP contribution in [0.5, 0.6) is 5.75 Å². The largest absolute Gasteiger partial charge is 0.573 e. The summed E-state index contributed by atoms with van der Waals surface area (Å²) >= 11 is 0. The third-order valence-corrected chi connectivity index (χ3v) is 5.92. The fourth-order valence-electron chi connectivity index (χ4n) is 4.16. The maximum atomic E-state index is 12.8. The summed E-state index contributed by atoms with van der Waals surface area (Å²) in [6.45, 7) is 5.28. The Morgan fingerprint density at radius 1 is 1.12 bits per heavy atom. The van der Waals surface area contributed by atoms with Gasteiger partial charge in [-0.2, -0.15) is 4.68 Å². The SMILES string of the molecule is CC(CN1CCCC1=O)N1CCN(C(=O)n2nnn(-c3cccc(OC(F)(F)F)c3)c2=O)CC1. The molecule has 11 nitrogen and oxygen atoms in total. The van der Waals surface area contributed by atoms with E-state index in [1.54, 1.807) is 0 Å². The van der Waals surface area contributed by atoms with E-state index >= 15 is 0 Å². The fourth-order valence-corrected chi connectivity index (χ4v) is 4.16. The molecule has 2 amide bonds. The van der Waals surface area contributed by atoms with Crippen LogP contribution in [0.15, 0.2) is 29.1 Å². The molecule has 2 aliphatic rings. The third-order valence-electron chi connectivity index (χ3n) is 5.92. The van der Waals surface area contributed by atoms with E-state index in [4.69, 9.17) is 0 Å². The van der Waals surface area contributed by atoms with Crippen molar-refractivity contribution >= 4 is 11.9 Å². The van der Waals surface area contributed by atoms with Gasteiger partial charge in [0, 0.05) is 57.8 Å². The first-order chi connectivity index (χ1) is 16.1. The molecule has 0 N–H and O–H groups in total. The van der Waals surface area contributed by atoms with E-state index in [0.717, 1.165) is 29.8 Å². The number of likely N-dealkylation sites (tertiary alicyclic amines) is 1. The number of aromatic nitrogens is 4. The zero-order valence-corrected chi connectivity index (χ0v) is 18.4. The summed E-state index contributed by atoms with van der Waals surface area (Å²) in [7, 11) is 0. The number of piperazine rings is 1. The predicted octanol–water partition coefficient (Wildman–Crippen LogP) is 0.924. The van der Waals surface area contributed by atoms with Gasteiger partial charge in [0.2, 0.25) is 5.91 Å². The summed E-state index contributed by atoms with van der Waals surface area (Å²) in [5.74, 6) is -0.364. The molecule has 2 aliphatic heterocycles. The second-order valence-electron chi connectivity index (χ2n) is 8.23. The number of ether oxygens (including phenoxy) is 1. The standard InChI is InChI=1S/C20H24F3N7O4/c1-14(13-28-7-3-6-17(28)31)26-8-10-27(11-9-26)18(32)30-19(33)29(24-25-30)15-4-2-5-16(12-15)34-20(21,22)23/h2,4-5,12,14H,3,6-11,13H2,1H3. The van der Waals surface area contributed by atoms with Crippen LogP contribution in [0.1, 0.15) is 19.8 Å². The van der Waals surface area contributed by atoms with Gasteiger partial charge in [-0.25, -0.2) is 9.59 Å². The number of carbonyl (C=O) groups is 2. The van der Waals surface area contributed by atoms with Gasteiger partial charge in [-0.1, -0.05) is 6.07 Å². The van der Waals surface area contributed by atoms with Crippen molar-refractivity contribution in [2.75, 3.05) is 39.3 Å². The Balaban J connectivity index is 1.39. The van der Waals surface area contributed by atoms with Crippen LogP contribution in [0, 0.1) is 0 Å². The molecule has 34 heavy (non-hydrogen) atoms. The molecule has 2 saturated heterocycles. The van der Waals surface area contributed by atoms with Crippen molar-refractivity contribution in [1.29, 1.82) is 0 Å². The Morgan fingerprint density at radius 2 is 1.85 bits per heavy atom. The number of hydrogen-bond donors (Lipinski definition) is 0. The summed E-state index contributed by atoms with van der Waals surface area (Å²) in [5, 5.41) is 7.24. The molecule has 1 atom stereocenters. The van der Waals surface area contributed by atoms with Gasteiger partial charge in [-0.15, -0.1) is 17.9 Å². The molecular weight excluding hydrogens is 459 g/mol. The van der Waals surface area contributed by atoms with Gasteiger partial charge in [0.05, 0.1) is 5.69 Å². The van der Waals surface area contributed by atoms with E-state index in [0.29, 0.717) is 43.8 Å². The van der Waals surface area contributed by atoms with Crippen LogP contribution in [0.25, 0.3) is 5.69 Å². The molecule has 1 aromatic heterocycles. The summed E-state index contributed by atoms with van der Waals surface area (Å²) in [4.78, 5) is 42.9. The molecule has 0 aliphatic carbocycles. The van der Waals surface area contributed by atoms with Crippen molar-refractivity contribution in [2.24, 2.45) is 0 Å². The number of halogens is 3. The zero-order chi connectivity index (χ0) is 24.5. The van der Waals surface area contributed by atoms with Gasteiger partial charge in [-0.05, 0) is 35.9 Å². The quantitative estimate of drug-likeness (QED) is 0.583. The van der Waals surface area contributed by atoms with Crippen molar-refractivity contribution in [2.45, 2.75) is 32.2 Å². The van der Waals surface area contributed by atoms with Crippen molar-refractivity contribution in [3.8, 4) is 11.4 Å². The molecule has 0 radical (unpaired) electrons. The lowest BCUT2D eigenvalue weighted by molar-refractivity contribution is -0.274. The van der Waals surface area contributed by atoms with Crippen LogP contribution >= 0.6 is 0 Å². The molecule has 1 unspecified atom stereocenters. The number of amides is 2. The van der Waals surface area contributed by atoms with Crippen LogP contribution in [0.2, 0.25) is 0 Å². The number of rotatable bonds is 5. The Kier molecular flexibility index (Phi) is 6.59. The third kappa shape index (κ3) is 5.21. The highest BCUT2D eigenvalue weighted by Crippen LogP contribution is 2.24. The fraction of sp³-hybridized carbons (Fsp3) is 0.550. The number of tetrazole rings is 1. The Labute approximate surface area is 192 Å². The summed E-state index contributed by atoms with van der Waals surface area (Å²) in [5.41, 5.74) is -0.932. The average molecular weight is 483 g/mol. The predicted molar refractivity (Wildman–Crippen MR) is 112 cm³/mol. The van der Waals surface area contributed by atoms with Gasteiger partial charge in [-0.3, -0.25) is 9.69 Å². The second-order valence-corrected chi connectivity index (χ2v) is 8.23. The monoisotopic (exact) mass is 483 g/mol. The van der Waals surface area contributed by atoms with E-state index < -0.39 is 23.8 Å². The smallest absolute Gasteiger partial charge is 0.406 e. The van der Waals surface area contributed by atoms with Crippen LogP contribution in [-0.2, 0) is 4.79 Å². The number of benzene rings is 1. The first-order valence-corrected chi connectivity index (χ1v) is 10.8. The Morgan fingerprint density at radius 3 is 2.50 bits per heavy atom. The van der Waals surface area contributed by atoms with E-state index in [-0.39, 0.29) is 17.6 Å². The molecule has 2 aromatic rings. The summed E-state index contributed by atoms with van der Waals surface area (Å²) in [6, 6.07) is 4.13. The lowest BCUT2D eigenvalue weighted by Crippen LogP contribution is -2.55. The number of nitrogens with zero attached hydrogens (tertiary/aromatic N) is 7. The van der Waals surface area contributed by atoms with Crippen molar-refractivity contribution in [3.63, 3.8) is 0 Å². The molecule has 1 aromatic carbocycles. The second kappa shape index (κ2) is 9.44. The van der Waals surface area contributed by atoms with E-state index in [9.17, 15) is 27.6 Å². The topological polar surface area (TPSA) is 106 Å². The lowest BCUT2D eigenvalue weighted by Gasteiger charge is -2.38. The van der Waals surface area contributed by atoms with Crippen molar-refractivity contribution in [1.82, 2.24) is 34.5 Å². The molecule has 3 heterocycles. The van der Waals surface area contributed by atoms with Crippen molar-refractivity contribution in [3.05, 3.63) is 34.7 Å². The molecule has 184 valence electrons. The van der Waals surface area contributed by atoms with Crippen LogP contribution in [-0.4, -0.2) is 98.1 Å². The number of alkyl halides is 3. The lowest BCUT2D eigenvalue weighted by atomic mass is 10.2. The molecule has 14 heteroatoms. The normalized spacial score (nSPS) is 18.4. The van der Waals surface area contributed by atoms with Gasteiger partial charge >= 0.3 is 18.1 Å².